The zero-order valence-corrected chi connectivity index (χ0v) is 14.6. The summed E-state index contributed by atoms with van der Waals surface area (Å²) in [5.41, 5.74) is -0.482. The van der Waals surface area contributed by atoms with Gasteiger partial charge in [-0.15, -0.1) is 24.0 Å². The SMILES string of the molecule is CN=C(NCC(=O)OC(C)(C)C)NCc1ccco1.I. The van der Waals surface area contributed by atoms with Crippen LogP contribution < -0.4 is 10.6 Å². The van der Waals surface area contributed by atoms with Crippen LogP contribution in [0, 0.1) is 0 Å². The van der Waals surface area contributed by atoms with Gasteiger partial charge in [0.15, 0.2) is 5.96 Å². The van der Waals surface area contributed by atoms with Crippen LogP contribution in [-0.2, 0) is 16.1 Å². The van der Waals surface area contributed by atoms with Crippen LogP contribution in [0.5, 0.6) is 0 Å². The number of rotatable bonds is 4. The lowest BCUT2D eigenvalue weighted by Gasteiger charge is -2.20. The quantitative estimate of drug-likeness (QED) is 0.353. The summed E-state index contributed by atoms with van der Waals surface area (Å²) >= 11 is 0. The fraction of sp³-hybridized carbons (Fsp3) is 0.538. The first-order valence-electron chi connectivity index (χ1n) is 6.09. The van der Waals surface area contributed by atoms with Crippen molar-refractivity contribution in [1.29, 1.82) is 0 Å². The molecule has 0 saturated carbocycles. The van der Waals surface area contributed by atoms with Crippen molar-refractivity contribution in [2.75, 3.05) is 13.6 Å². The zero-order chi connectivity index (χ0) is 14.3. The molecule has 1 aromatic rings. The Morgan fingerprint density at radius 1 is 1.40 bits per heavy atom. The van der Waals surface area contributed by atoms with Crippen LogP contribution in [0.15, 0.2) is 27.8 Å². The minimum absolute atomic E-state index is 0. The lowest BCUT2D eigenvalue weighted by atomic mass is 10.2. The molecule has 0 aliphatic carbocycles. The molecule has 0 spiro atoms. The van der Waals surface area contributed by atoms with Crippen LogP contribution in [0.2, 0.25) is 0 Å². The summed E-state index contributed by atoms with van der Waals surface area (Å²) in [4.78, 5) is 15.5. The summed E-state index contributed by atoms with van der Waals surface area (Å²) < 4.78 is 10.4. The topological polar surface area (TPSA) is 75.9 Å². The maximum Gasteiger partial charge on any atom is 0.325 e. The number of guanidine groups is 1. The maximum atomic E-state index is 11.5. The maximum absolute atomic E-state index is 11.5. The van der Waals surface area contributed by atoms with Gasteiger partial charge in [-0.2, -0.15) is 0 Å². The molecule has 0 aliphatic rings. The average molecular weight is 395 g/mol. The van der Waals surface area contributed by atoms with E-state index in [1.54, 1.807) is 13.3 Å². The number of furan rings is 1. The highest BCUT2D eigenvalue weighted by molar-refractivity contribution is 14.0. The molecular formula is C13H22IN3O3. The third kappa shape index (κ3) is 8.03. The second-order valence-electron chi connectivity index (χ2n) is 4.95. The molecule has 1 rings (SSSR count). The number of esters is 1. The first kappa shape index (κ1) is 18.8. The Bertz CT molecular complexity index is 425. The van der Waals surface area contributed by atoms with Gasteiger partial charge in [0.05, 0.1) is 12.8 Å². The van der Waals surface area contributed by atoms with Crippen molar-refractivity contribution in [2.24, 2.45) is 4.99 Å². The molecule has 0 aromatic carbocycles. The highest BCUT2D eigenvalue weighted by Crippen LogP contribution is 2.06. The predicted octanol–water partition coefficient (Wildman–Crippen LogP) is 1.90. The Morgan fingerprint density at radius 3 is 2.60 bits per heavy atom. The number of carbonyl (C=O) groups excluding carboxylic acids is 1. The van der Waals surface area contributed by atoms with E-state index in [2.05, 4.69) is 15.6 Å². The number of hydrogen-bond acceptors (Lipinski definition) is 4. The van der Waals surface area contributed by atoms with Crippen molar-refractivity contribution >= 4 is 35.9 Å². The van der Waals surface area contributed by atoms with Crippen molar-refractivity contribution in [3.05, 3.63) is 24.2 Å². The van der Waals surface area contributed by atoms with E-state index in [0.29, 0.717) is 12.5 Å². The molecule has 0 unspecified atom stereocenters. The van der Waals surface area contributed by atoms with E-state index in [1.165, 1.54) is 0 Å². The number of ether oxygens (including phenoxy) is 1. The second-order valence-corrected chi connectivity index (χ2v) is 4.95. The summed E-state index contributed by atoms with van der Waals surface area (Å²) in [5, 5.41) is 5.90. The molecule has 0 aliphatic heterocycles. The van der Waals surface area contributed by atoms with Crippen LogP contribution >= 0.6 is 24.0 Å². The van der Waals surface area contributed by atoms with Gasteiger partial charge in [0, 0.05) is 7.05 Å². The Balaban J connectivity index is 0.00000361. The largest absolute Gasteiger partial charge is 0.467 e. The zero-order valence-electron chi connectivity index (χ0n) is 12.2. The number of hydrogen-bond donors (Lipinski definition) is 2. The highest BCUT2D eigenvalue weighted by atomic mass is 127. The highest BCUT2D eigenvalue weighted by Gasteiger charge is 2.16. The standard InChI is InChI=1S/C13H21N3O3.HI/c1-13(2,3)19-11(17)9-16-12(14-4)15-8-10-6-5-7-18-10;/h5-7H,8-9H2,1-4H3,(H2,14,15,16);1H. The third-order valence-electron chi connectivity index (χ3n) is 2.05. The van der Waals surface area contributed by atoms with Crippen molar-refractivity contribution in [3.63, 3.8) is 0 Å². The average Bonchev–Trinajstić information content (AvgIpc) is 2.80. The number of halogens is 1. The summed E-state index contributed by atoms with van der Waals surface area (Å²) in [5.74, 6) is 0.982. The molecule has 0 bridgehead atoms. The minimum atomic E-state index is -0.482. The van der Waals surface area contributed by atoms with Gasteiger partial charge in [0.1, 0.15) is 17.9 Å². The first-order chi connectivity index (χ1) is 8.90. The molecule has 0 radical (unpaired) electrons. The summed E-state index contributed by atoms with van der Waals surface area (Å²) in [6.07, 6.45) is 1.61. The van der Waals surface area contributed by atoms with Crippen LogP contribution in [0.4, 0.5) is 0 Å². The molecule has 0 saturated heterocycles. The van der Waals surface area contributed by atoms with Gasteiger partial charge in [-0.1, -0.05) is 0 Å². The van der Waals surface area contributed by atoms with Crippen molar-refractivity contribution in [2.45, 2.75) is 32.9 Å². The number of nitrogens with one attached hydrogen (secondary N) is 2. The van der Waals surface area contributed by atoms with E-state index < -0.39 is 5.60 Å². The third-order valence-corrected chi connectivity index (χ3v) is 2.05. The molecule has 20 heavy (non-hydrogen) atoms. The van der Waals surface area contributed by atoms with Crippen LogP contribution in [0.1, 0.15) is 26.5 Å². The van der Waals surface area contributed by atoms with E-state index >= 15 is 0 Å². The van der Waals surface area contributed by atoms with Gasteiger partial charge in [-0.05, 0) is 32.9 Å². The van der Waals surface area contributed by atoms with Crippen LogP contribution in [0.3, 0.4) is 0 Å². The molecule has 0 atom stereocenters. The fourth-order valence-electron chi connectivity index (χ4n) is 1.34. The fourth-order valence-corrected chi connectivity index (χ4v) is 1.34. The van der Waals surface area contributed by atoms with Crippen molar-refractivity contribution in [1.82, 2.24) is 10.6 Å². The van der Waals surface area contributed by atoms with E-state index in [-0.39, 0.29) is 36.5 Å². The molecular weight excluding hydrogens is 373 g/mol. The van der Waals surface area contributed by atoms with Crippen molar-refractivity contribution in [3.8, 4) is 0 Å². The number of carbonyl (C=O) groups is 1. The molecule has 114 valence electrons. The van der Waals surface area contributed by atoms with E-state index in [9.17, 15) is 4.79 Å². The summed E-state index contributed by atoms with van der Waals surface area (Å²) in [6.45, 7) is 6.05. The second kappa shape index (κ2) is 8.83. The Morgan fingerprint density at radius 2 is 2.10 bits per heavy atom. The Hall–Kier alpha value is -1.25. The van der Waals surface area contributed by atoms with Gasteiger partial charge in [-0.3, -0.25) is 9.79 Å². The smallest absolute Gasteiger partial charge is 0.325 e. The molecule has 1 aromatic heterocycles. The molecule has 0 fully saturated rings. The van der Waals surface area contributed by atoms with Gasteiger partial charge >= 0.3 is 5.97 Å². The molecule has 7 heteroatoms. The molecule has 6 nitrogen and oxygen atoms in total. The van der Waals surface area contributed by atoms with E-state index in [1.807, 2.05) is 32.9 Å². The summed E-state index contributed by atoms with van der Waals surface area (Å²) in [6, 6.07) is 3.67. The van der Waals surface area contributed by atoms with E-state index in [4.69, 9.17) is 9.15 Å². The van der Waals surface area contributed by atoms with Gasteiger partial charge in [0.2, 0.25) is 0 Å². The monoisotopic (exact) mass is 395 g/mol. The first-order valence-corrected chi connectivity index (χ1v) is 6.09. The Kier molecular flexibility index (Phi) is 8.28. The minimum Gasteiger partial charge on any atom is -0.467 e. The van der Waals surface area contributed by atoms with E-state index in [0.717, 1.165) is 5.76 Å². The van der Waals surface area contributed by atoms with Crippen molar-refractivity contribution < 1.29 is 13.9 Å². The normalized spacial score (nSPS) is 11.5. The van der Waals surface area contributed by atoms with Gasteiger partial charge < -0.3 is 19.8 Å². The Labute approximate surface area is 136 Å². The van der Waals surface area contributed by atoms with Crippen LogP contribution in [-0.4, -0.2) is 31.1 Å². The molecule has 2 N–H and O–H groups in total. The molecule has 1 heterocycles. The lowest BCUT2D eigenvalue weighted by molar-refractivity contribution is -0.153. The molecule has 0 amide bonds. The number of nitrogens with zero attached hydrogens (tertiary/aromatic N) is 1. The van der Waals surface area contributed by atoms with Gasteiger partial charge in [0.25, 0.3) is 0 Å². The predicted molar refractivity (Wildman–Crippen MR) is 88.2 cm³/mol. The van der Waals surface area contributed by atoms with Crippen LogP contribution in [0.25, 0.3) is 0 Å². The number of aliphatic imine (C=N–C) groups is 1. The van der Waals surface area contributed by atoms with Gasteiger partial charge in [-0.25, -0.2) is 0 Å². The summed E-state index contributed by atoms with van der Waals surface area (Å²) in [7, 11) is 1.63. The lowest BCUT2D eigenvalue weighted by Crippen LogP contribution is -2.41.